The van der Waals surface area contributed by atoms with E-state index in [9.17, 15) is 0 Å². The van der Waals surface area contributed by atoms with E-state index in [1.54, 1.807) is 18.3 Å². The average molecular weight is 264 g/mol. The van der Waals surface area contributed by atoms with Gasteiger partial charge in [-0.05, 0) is 36.2 Å². The van der Waals surface area contributed by atoms with E-state index in [1.165, 1.54) is 0 Å². The second-order valence-electron chi connectivity index (χ2n) is 3.74. The largest absolute Gasteiger partial charge is 0.424 e. The van der Waals surface area contributed by atoms with Crippen LogP contribution in [-0.4, -0.2) is 9.97 Å². The lowest BCUT2D eigenvalue weighted by Gasteiger charge is -2.07. The van der Waals surface area contributed by atoms with E-state index >= 15 is 0 Å². The first-order valence-electron chi connectivity index (χ1n) is 5.71. The summed E-state index contributed by atoms with van der Waals surface area (Å²) in [5.41, 5.74) is 7.29. The molecule has 1 aromatic carbocycles. The van der Waals surface area contributed by atoms with Crippen LogP contribution in [-0.2, 0) is 13.0 Å². The summed E-state index contributed by atoms with van der Waals surface area (Å²) in [5, 5.41) is 0.737. The van der Waals surface area contributed by atoms with Crippen LogP contribution in [0.2, 0.25) is 5.02 Å². The Morgan fingerprint density at radius 2 is 2.17 bits per heavy atom. The molecule has 0 unspecified atom stereocenters. The van der Waals surface area contributed by atoms with Crippen molar-refractivity contribution in [3.8, 4) is 11.8 Å². The Labute approximate surface area is 111 Å². The Kier molecular flexibility index (Phi) is 4.12. The van der Waals surface area contributed by atoms with Gasteiger partial charge in [0.1, 0.15) is 5.75 Å². The molecule has 0 bridgehead atoms. The minimum absolute atomic E-state index is 0.294. The Balaban J connectivity index is 2.22. The van der Waals surface area contributed by atoms with Gasteiger partial charge in [0.05, 0.1) is 5.69 Å². The minimum atomic E-state index is 0.294. The molecule has 0 aliphatic heterocycles. The lowest BCUT2D eigenvalue weighted by Crippen LogP contribution is -2.01. The van der Waals surface area contributed by atoms with E-state index in [-0.39, 0.29) is 0 Å². The maximum absolute atomic E-state index is 6.04. The monoisotopic (exact) mass is 263 g/mol. The van der Waals surface area contributed by atoms with E-state index in [2.05, 4.69) is 9.97 Å². The van der Waals surface area contributed by atoms with Gasteiger partial charge in [-0.1, -0.05) is 18.5 Å². The molecule has 2 rings (SSSR count). The van der Waals surface area contributed by atoms with Gasteiger partial charge in [0.25, 0.3) is 0 Å². The number of nitrogens with zero attached hydrogens (tertiary/aromatic N) is 2. The molecule has 0 saturated heterocycles. The Morgan fingerprint density at radius 1 is 1.33 bits per heavy atom. The summed E-state index contributed by atoms with van der Waals surface area (Å²) in [6.45, 7) is 2.40. The number of aryl methyl sites for hydroxylation is 1. The summed E-state index contributed by atoms with van der Waals surface area (Å²) in [6, 6.07) is 7.54. The summed E-state index contributed by atoms with van der Waals surface area (Å²) >= 11 is 6.04. The molecule has 94 valence electrons. The number of ether oxygens (including phenoxy) is 1. The zero-order valence-corrected chi connectivity index (χ0v) is 10.8. The van der Waals surface area contributed by atoms with Gasteiger partial charge in [-0.25, -0.2) is 4.98 Å². The first kappa shape index (κ1) is 12.8. The molecule has 5 heteroatoms. The van der Waals surface area contributed by atoms with Gasteiger partial charge in [-0.3, -0.25) is 0 Å². The van der Waals surface area contributed by atoms with Crippen molar-refractivity contribution in [3.05, 3.63) is 46.7 Å². The number of benzene rings is 1. The van der Waals surface area contributed by atoms with E-state index in [0.717, 1.165) is 22.7 Å². The number of nitrogens with two attached hydrogens (primary N) is 1. The quantitative estimate of drug-likeness (QED) is 0.921. The third kappa shape index (κ3) is 2.97. The molecule has 0 atom stereocenters. The van der Waals surface area contributed by atoms with E-state index in [4.69, 9.17) is 22.1 Å². The molecule has 0 radical (unpaired) electrons. The van der Waals surface area contributed by atoms with Gasteiger partial charge in [-0.2, -0.15) is 4.98 Å². The van der Waals surface area contributed by atoms with Gasteiger partial charge >= 0.3 is 6.01 Å². The highest BCUT2D eigenvalue weighted by molar-refractivity contribution is 6.31. The zero-order chi connectivity index (χ0) is 13.0. The van der Waals surface area contributed by atoms with Crippen LogP contribution in [0.25, 0.3) is 0 Å². The highest BCUT2D eigenvalue weighted by Crippen LogP contribution is 2.25. The molecule has 0 aliphatic carbocycles. The second kappa shape index (κ2) is 5.80. The van der Waals surface area contributed by atoms with Gasteiger partial charge in [0, 0.05) is 17.8 Å². The maximum Gasteiger partial charge on any atom is 0.322 e. The fraction of sp³-hybridized carbons (Fsp3) is 0.231. The van der Waals surface area contributed by atoms with E-state index in [1.807, 2.05) is 19.1 Å². The lowest BCUT2D eigenvalue weighted by molar-refractivity contribution is 0.439. The molecule has 0 saturated carbocycles. The topological polar surface area (TPSA) is 61.0 Å². The number of aromatic nitrogens is 2. The number of hydrogen-bond donors (Lipinski definition) is 1. The van der Waals surface area contributed by atoms with Crippen molar-refractivity contribution in [2.75, 3.05) is 0 Å². The predicted octanol–water partition coefficient (Wildman–Crippen LogP) is 2.94. The summed E-state index contributed by atoms with van der Waals surface area (Å²) in [4.78, 5) is 8.21. The van der Waals surface area contributed by atoms with Crippen LogP contribution in [0.5, 0.6) is 11.8 Å². The van der Waals surface area contributed by atoms with Gasteiger partial charge in [0.2, 0.25) is 0 Å². The molecule has 1 aromatic heterocycles. The molecule has 1 heterocycles. The Hall–Kier alpha value is -1.65. The summed E-state index contributed by atoms with van der Waals surface area (Å²) < 4.78 is 5.58. The van der Waals surface area contributed by atoms with Crippen LogP contribution < -0.4 is 10.5 Å². The summed E-state index contributed by atoms with van der Waals surface area (Å²) in [6.07, 6.45) is 2.47. The number of halogens is 1. The van der Waals surface area contributed by atoms with Crippen molar-refractivity contribution in [2.24, 2.45) is 5.73 Å². The molecular weight excluding hydrogens is 250 g/mol. The normalized spacial score (nSPS) is 10.4. The SMILES string of the molecule is CCc1cc(Oc2nccc(CN)n2)ccc1Cl. The Morgan fingerprint density at radius 3 is 2.89 bits per heavy atom. The fourth-order valence-electron chi connectivity index (χ4n) is 1.53. The summed E-state index contributed by atoms with van der Waals surface area (Å²) in [7, 11) is 0. The van der Waals surface area contributed by atoms with Crippen molar-refractivity contribution in [2.45, 2.75) is 19.9 Å². The van der Waals surface area contributed by atoms with Crippen LogP contribution in [0.4, 0.5) is 0 Å². The standard InChI is InChI=1S/C13H14ClN3O/c1-2-9-7-11(3-4-12(9)14)18-13-16-6-5-10(8-15)17-13/h3-7H,2,8,15H2,1H3. The smallest absolute Gasteiger partial charge is 0.322 e. The Bertz CT molecular complexity index is 546. The van der Waals surface area contributed by atoms with Crippen molar-refractivity contribution in [1.82, 2.24) is 9.97 Å². The van der Waals surface area contributed by atoms with Crippen LogP contribution >= 0.6 is 11.6 Å². The lowest BCUT2D eigenvalue weighted by atomic mass is 10.1. The molecule has 0 fully saturated rings. The molecule has 0 amide bonds. The van der Waals surface area contributed by atoms with Crippen molar-refractivity contribution in [3.63, 3.8) is 0 Å². The average Bonchev–Trinajstić information content (AvgIpc) is 2.41. The highest BCUT2D eigenvalue weighted by atomic mass is 35.5. The molecule has 0 aliphatic rings. The fourth-order valence-corrected chi connectivity index (χ4v) is 1.78. The molecular formula is C13H14ClN3O. The molecule has 2 aromatic rings. The third-order valence-electron chi connectivity index (χ3n) is 2.51. The van der Waals surface area contributed by atoms with Crippen LogP contribution in [0.15, 0.2) is 30.5 Å². The first-order chi connectivity index (χ1) is 8.72. The molecule has 0 spiro atoms. The number of hydrogen-bond acceptors (Lipinski definition) is 4. The number of rotatable bonds is 4. The molecule has 4 nitrogen and oxygen atoms in total. The minimum Gasteiger partial charge on any atom is -0.424 e. The van der Waals surface area contributed by atoms with Crippen LogP contribution in [0.1, 0.15) is 18.2 Å². The summed E-state index contributed by atoms with van der Waals surface area (Å²) in [5.74, 6) is 0.672. The highest BCUT2D eigenvalue weighted by Gasteiger charge is 2.04. The maximum atomic E-state index is 6.04. The second-order valence-corrected chi connectivity index (χ2v) is 4.15. The van der Waals surface area contributed by atoms with Crippen LogP contribution in [0.3, 0.4) is 0 Å². The third-order valence-corrected chi connectivity index (χ3v) is 2.88. The van der Waals surface area contributed by atoms with Crippen LogP contribution in [0, 0.1) is 0 Å². The first-order valence-corrected chi connectivity index (χ1v) is 6.09. The molecule has 18 heavy (non-hydrogen) atoms. The van der Waals surface area contributed by atoms with E-state index in [0.29, 0.717) is 18.3 Å². The van der Waals surface area contributed by atoms with Gasteiger partial charge in [0.15, 0.2) is 0 Å². The van der Waals surface area contributed by atoms with Crippen molar-refractivity contribution < 1.29 is 4.74 Å². The van der Waals surface area contributed by atoms with Gasteiger partial charge in [-0.15, -0.1) is 0 Å². The van der Waals surface area contributed by atoms with Crippen molar-refractivity contribution in [1.29, 1.82) is 0 Å². The molecule has 2 N–H and O–H groups in total. The van der Waals surface area contributed by atoms with Crippen molar-refractivity contribution >= 4 is 11.6 Å². The predicted molar refractivity (Wildman–Crippen MR) is 70.8 cm³/mol. The van der Waals surface area contributed by atoms with Gasteiger partial charge < -0.3 is 10.5 Å². The van der Waals surface area contributed by atoms with E-state index < -0.39 is 0 Å². The zero-order valence-electron chi connectivity index (χ0n) is 10.1.